The number of aryl methyl sites for hydroxylation is 1. The average Bonchev–Trinajstić information content (AvgIpc) is 3.61. The third-order valence-corrected chi connectivity index (χ3v) is 7.59. The number of pyridine rings is 1. The second-order valence-corrected chi connectivity index (χ2v) is 10.5. The lowest BCUT2D eigenvalue weighted by molar-refractivity contribution is -0.0579. The number of ether oxygens (including phenoxy) is 1. The molecule has 2 atom stereocenters. The molecule has 6 rings (SSSR count). The fourth-order valence-electron chi connectivity index (χ4n) is 5.14. The van der Waals surface area contributed by atoms with Crippen molar-refractivity contribution in [2.24, 2.45) is 18.9 Å². The number of halogens is 3. The van der Waals surface area contributed by atoms with Crippen LogP contribution in [0, 0.1) is 11.8 Å². The van der Waals surface area contributed by atoms with Gasteiger partial charge in [0, 0.05) is 31.2 Å². The molecule has 11 heteroatoms. The summed E-state index contributed by atoms with van der Waals surface area (Å²) in [6.45, 7) is 3.13. The number of anilines is 4. The Morgan fingerprint density at radius 3 is 2.81 bits per heavy atom. The summed E-state index contributed by atoms with van der Waals surface area (Å²) in [5.41, 5.74) is 1.08. The smallest absolute Gasteiger partial charge is 0.301 e. The highest BCUT2D eigenvalue weighted by Crippen LogP contribution is 2.45. The first-order valence-electron chi connectivity index (χ1n) is 12.2. The number of hydrogen-bond acceptors (Lipinski definition) is 7. The first-order chi connectivity index (χ1) is 17.2. The third-order valence-electron chi connectivity index (χ3n) is 7.31. The van der Waals surface area contributed by atoms with Gasteiger partial charge in [-0.25, -0.2) is 13.8 Å². The van der Waals surface area contributed by atoms with Crippen LogP contribution in [-0.2, 0) is 7.05 Å². The van der Waals surface area contributed by atoms with E-state index in [4.69, 9.17) is 16.3 Å². The summed E-state index contributed by atoms with van der Waals surface area (Å²) in [6.07, 6.45) is 4.11. The lowest BCUT2D eigenvalue weighted by Crippen LogP contribution is -2.44. The molecule has 1 saturated heterocycles. The molecule has 1 aliphatic carbocycles. The number of hydrogen-bond donors (Lipinski definition) is 2. The summed E-state index contributed by atoms with van der Waals surface area (Å²) in [4.78, 5) is 24.1. The minimum atomic E-state index is -3.09. The Morgan fingerprint density at radius 2 is 2.08 bits per heavy atom. The van der Waals surface area contributed by atoms with Crippen LogP contribution in [0.25, 0.3) is 10.9 Å². The van der Waals surface area contributed by atoms with Crippen LogP contribution in [-0.4, -0.2) is 46.2 Å². The van der Waals surface area contributed by atoms with Crippen LogP contribution in [0.2, 0.25) is 5.02 Å². The molecule has 2 N–H and O–H groups in total. The summed E-state index contributed by atoms with van der Waals surface area (Å²) in [5, 5.41) is 7.20. The van der Waals surface area contributed by atoms with Crippen LogP contribution >= 0.6 is 11.6 Å². The normalized spacial score (nSPS) is 23.1. The second kappa shape index (κ2) is 8.47. The van der Waals surface area contributed by atoms with Gasteiger partial charge in [-0.2, -0.15) is 4.98 Å². The van der Waals surface area contributed by atoms with Gasteiger partial charge in [0.05, 0.1) is 23.4 Å². The maximum Gasteiger partial charge on any atom is 0.301 e. The molecule has 3 aliphatic rings. The fraction of sp³-hybridized carbons (Fsp3) is 0.480. The van der Waals surface area contributed by atoms with Gasteiger partial charge in [-0.3, -0.25) is 4.79 Å². The van der Waals surface area contributed by atoms with Gasteiger partial charge < -0.3 is 24.8 Å². The van der Waals surface area contributed by atoms with Crippen molar-refractivity contribution in [1.82, 2.24) is 14.5 Å². The highest BCUT2D eigenvalue weighted by molar-refractivity contribution is 6.32. The van der Waals surface area contributed by atoms with E-state index in [0.29, 0.717) is 45.0 Å². The van der Waals surface area contributed by atoms with E-state index in [1.54, 1.807) is 31.4 Å². The molecule has 2 aromatic heterocycles. The molecule has 0 bridgehead atoms. The predicted molar refractivity (Wildman–Crippen MR) is 136 cm³/mol. The quantitative estimate of drug-likeness (QED) is 0.516. The Kier molecular flexibility index (Phi) is 5.47. The molecule has 0 radical (unpaired) electrons. The van der Waals surface area contributed by atoms with Gasteiger partial charge in [0.15, 0.2) is 12.4 Å². The van der Waals surface area contributed by atoms with Crippen molar-refractivity contribution in [3.8, 4) is 5.75 Å². The standard InChI is InChI=1S/C25H27ClF2N6O2/c1-13-7-8-34(11-13)24-29-10-17(26)22(32-24)30-15-5-6-18-16(9-15)19-20(23(35)33(18)2)36-12-25(27,28)21(31-19)14-3-4-14/h5-6,9-10,13-14,21,31H,3-4,7-8,11-12H2,1-2H3,(H,29,30,32). The summed E-state index contributed by atoms with van der Waals surface area (Å²) in [5.74, 6) is -1.71. The number of benzene rings is 1. The van der Waals surface area contributed by atoms with Gasteiger partial charge in [0.2, 0.25) is 11.7 Å². The van der Waals surface area contributed by atoms with Crippen LogP contribution in [0.5, 0.6) is 5.75 Å². The molecular formula is C25H27ClF2N6O2. The maximum atomic E-state index is 14.9. The number of aromatic nitrogens is 3. The van der Waals surface area contributed by atoms with E-state index in [9.17, 15) is 13.6 Å². The lowest BCUT2D eigenvalue weighted by atomic mass is 10.0. The summed E-state index contributed by atoms with van der Waals surface area (Å²) in [6, 6.07) is 4.28. The minimum Gasteiger partial charge on any atom is -0.480 e. The molecule has 1 aromatic carbocycles. The van der Waals surface area contributed by atoms with E-state index in [0.717, 1.165) is 32.4 Å². The number of nitrogens with zero attached hydrogens (tertiary/aromatic N) is 4. The van der Waals surface area contributed by atoms with Crippen molar-refractivity contribution < 1.29 is 13.5 Å². The van der Waals surface area contributed by atoms with Crippen molar-refractivity contribution in [3.63, 3.8) is 0 Å². The van der Waals surface area contributed by atoms with E-state index in [-0.39, 0.29) is 11.7 Å². The Labute approximate surface area is 211 Å². The monoisotopic (exact) mass is 516 g/mol. The summed E-state index contributed by atoms with van der Waals surface area (Å²) in [7, 11) is 1.60. The van der Waals surface area contributed by atoms with E-state index in [1.165, 1.54) is 4.57 Å². The van der Waals surface area contributed by atoms with E-state index in [2.05, 4.69) is 32.4 Å². The maximum absolute atomic E-state index is 14.9. The van der Waals surface area contributed by atoms with Crippen molar-refractivity contribution in [2.45, 2.75) is 38.2 Å². The molecule has 190 valence electrons. The molecule has 0 spiro atoms. The van der Waals surface area contributed by atoms with Crippen LogP contribution in [0.3, 0.4) is 0 Å². The molecule has 2 aliphatic heterocycles. The molecule has 4 heterocycles. The van der Waals surface area contributed by atoms with E-state index >= 15 is 0 Å². The molecule has 1 saturated carbocycles. The number of rotatable bonds is 4. The van der Waals surface area contributed by atoms with Crippen LogP contribution in [0.1, 0.15) is 26.2 Å². The molecule has 2 unspecified atom stereocenters. The Bertz CT molecular complexity index is 1410. The highest BCUT2D eigenvalue weighted by atomic mass is 35.5. The van der Waals surface area contributed by atoms with Crippen molar-refractivity contribution in [3.05, 3.63) is 39.8 Å². The van der Waals surface area contributed by atoms with Gasteiger partial charge in [-0.1, -0.05) is 18.5 Å². The van der Waals surface area contributed by atoms with Crippen LogP contribution < -0.4 is 25.8 Å². The minimum absolute atomic E-state index is 0.0875. The topological polar surface area (TPSA) is 84.3 Å². The Hall–Kier alpha value is -3.14. The zero-order valence-electron chi connectivity index (χ0n) is 20.0. The number of fused-ring (bicyclic) bond motifs is 3. The first kappa shape index (κ1) is 23.3. The van der Waals surface area contributed by atoms with Crippen molar-refractivity contribution in [2.75, 3.05) is 35.2 Å². The van der Waals surface area contributed by atoms with Gasteiger partial charge >= 0.3 is 5.92 Å². The molecule has 0 amide bonds. The highest BCUT2D eigenvalue weighted by Gasteiger charge is 2.51. The van der Waals surface area contributed by atoms with Gasteiger partial charge in [-0.15, -0.1) is 0 Å². The van der Waals surface area contributed by atoms with Crippen molar-refractivity contribution in [1.29, 1.82) is 0 Å². The lowest BCUT2D eigenvalue weighted by Gasteiger charge is -2.25. The summed E-state index contributed by atoms with van der Waals surface area (Å²) >= 11 is 6.41. The largest absolute Gasteiger partial charge is 0.480 e. The second-order valence-electron chi connectivity index (χ2n) is 10.1. The van der Waals surface area contributed by atoms with Crippen LogP contribution in [0.4, 0.5) is 31.9 Å². The van der Waals surface area contributed by atoms with E-state index < -0.39 is 24.1 Å². The van der Waals surface area contributed by atoms with Gasteiger partial charge in [-0.05, 0) is 49.3 Å². The predicted octanol–water partition coefficient (Wildman–Crippen LogP) is 4.79. The number of nitrogens with one attached hydrogen (secondary N) is 2. The van der Waals surface area contributed by atoms with Gasteiger partial charge in [0.25, 0.3) is 5.56 Å². The first-order valence-corrected chi connectivity index (χ1v) is 12.6. The molecular weight excluding hydrogens is 490 g/mol. The SMILES string of the molecule is CC1CCN(c2ncc(Cl)c(Nc3ccc4c(c3)c3c(c(=O)n4C)OCC(F)(F)C(C4CC4)N3)n2)C1. The molecule has 36 heavy (non-hydrogen) atoms. The molecule has 2 fully saturated rings. The van der Waals surface area contributed by atoms with Crippen molar-refractivity contribution >= 4 is 45.6 Å². The average molecular weight is 517 g/mol. The third kappa shape index (κ3) is 4.01. The zero-order chi connectivity index (χ0) is 25.2. The van der Waals surface area contributed by atoms with E-state index in [1.807, 2.05) is 0 Å². The molecule has 8 nitrogen and oxygen atoms in total. The zero-order valence-corrected chi connectivity index (χ0v) is 20.8. The van der Waals surface area contributed by atoms with Gasteiger partial charge in [0.1, 0.15) is 5.02 Å². The number of alkyl halides is 2. The van der Waals surface area contributed by atoms with Crippen LogP contribution in [0.15, 0.2) is 29.2 Å². The molecule has 3 aromatic rings. The summed E-state index contributed by atoms with van der Waals surface area (Å²) < 4.78 is 36.6. The fourth-order valence-corrected chi connectivity index (χ4v) is 5.28. The Balaban J connectivity index is 1.40. The Morgan fingerprint density at radius 1 is 1.28 bits per heavy atom.